The van der Waals surface area contributed by atoms with Gasteiger partial charge in [-0.1, -0.05) is 83.2 Å². The Kier molecular flexibility index (Phi) is 11.0. The van der Waals surface area contributed by atoms with Crippen LogP contribution in [0.5, 0.6) is 0 Å². The van der Waals surface area contributed by atoms with E-state index in [9.17, 15) is 9.90 Å². The molecule has 6 heteroatoms. The van der Waals surface area contributed by atoms with Gasteiger partial charge < -0.3 is 21.1 Å². The van der Waals surface area contributed by atoms with E-state index >= 15 is 0 Å². The third kappa shape index (κ3) is 9.11. The summed E-state index contributed by atoms with van der Waals surface area (Å²) >= 11 is 0. The molecule has 4 N–H and O–H groups in total. The fourth-order valence-corrected chi connectivity index (χ4v) is 5.02. The number of aliphatic hydroxyl groups excluding tert-OH is 1. The van der Waals surface area contributed by atoms with Crippen LogP contribution in [0.25, 0.3) is 0 Å². The first kappa shape index (κ1) is 29.1. The monoisotopic (exact) mass is 508 g/mol. The summed E-state index contributed by atoms with van der Waals surface area (Å²) in [6.07, 6.45) is 7.06. The standard InChI is InChI=1S/C31H48N4O2/c1-22(2)24-14-11-15-25(20-24)31(4,5)33-21-28(36)27-19-23(3)13-9-7-6-8-10-18-32-29-17-12-16-26(34-29)30(37)35-27/h11-12,14-17,20,22-23,27-28,33,36H,6-10,13,18-19,21H2,1-5H3,(H,32,34)(H,35,37)/t23-,27+,28-/m1/s1. The number of carbonyl (C=O) groups excluding carboxylic acids is 1. The number of pyridine rings is 1. The molecule has 1 aromatic heterocycles. The Morgan fingerprint density at radius 2 is 1.81 bits per heavy atom. The van der Waals surface area contributed by atoms with E-state index in [1.54, 1.807) is 6.07 Å². The summed E-state index contributed by atoms with van der Waals surface area (Å²) in [5.74, 6) is 1.34. The van der Waals surface area contributed by atoms with Gasteiger partial charge in [0.1, 0.15) is 11.5 Å². The van der Waals surface area contributed by atoms with Gasteiger partial charge >= 0.3 is 0 Å². The van der Waals surface area contributed by atoms with Crippen LogP contribution in [0.4, 0.5) is 5.82 Å². The molecule has 2 heterocycles. The number of anilines is 1. The van der Waals surface area contributed by atoms with Crippen molar-refractivity contribution < 1.29 is 9.90 Å². The number of nitrogens with one attached hydrogen (secondary N) is 3. The number of hydrogen-bond acceptors (Lipinski definition) is 5. The van der Waals surface area contributed by atoms with Gasteiger partial charge in [0.25, 0.3) is 5.91 Å². The highest BCUT2D eigenvalue weighted by Crippen LogP contribution is 2.25. The molecule has 0 radical (unpaired) electrons. The van der Waals surface area contributed by atoms with Crippen LogP contribution >= 0.6 is 0 Å². The van der Waals surface area contributed by atoms with Gasteiger partial charge in [-0.3, -0.25) is 4.79 Å². The van der Waals surface area contributed by atoms with Crippen LogP contribution in [0.2, 0.25) is 0 Å². The van der Waals surface area contributed by atoms with Gasteiger partial charge in [0.15, 0.2) is 0 Å². The zero-order valence-corrected chi connectivity index (χ0v) is 23.5. The Morgan fingerprint density at radius 1 is 1.08 bits per heavy atom. The van der Waals surface area contributed by atoms with Gasteiger partial charge in [-0.25, -0.2) is 4.98 Å². The number of fused-ring (bicyclic) bond motifs is 2. The fourth-order valence-electron chi connectivity index (χ4n) is 5.02. The molecule has 1 aliphatic rings. The summed E-state index contributed by atoms with van der Waals surface area (Å²) in [7, 11) is 0. The number of carbonyl (C=O) groups is 1. The summed E-state index contributed by atoms with van der Waals surface area (Å²) < 4.78 is 0. The summed E-state index contributed by atoms with van der Waals surface area (Å²) in [5.41, 5.74) is 2.55. The molecule has 2 bridgehead atoms. The second kappa shape index (κ2) is 13.9. The van der Waals surface area contributed by atoms with Crippen LogP contribution in [0.3, 0.4) is 0 Å². The van der Waals surface area contributed by atoms with Gasteiger partial charge in [-0.2, -0.15) is 0 Å². The van der Waals surface area contributed by atoms with Crippen molar-refractivity contribution in [2.24, 2.45) is 5.92 Å². The maximum Gasteiger partial charge on any atom is 0.270 e. The molecule has 0 saturated heterocycles. The van der Waals surface area contributed by atoms with Crippen molar-refractivity contribution in [2.75, 3.05) is 18.4 Å². The maximum absolute atomic E-state index is 13.2. The molecule has 2 aromatic rings. The lowest BCUT2D eigenvalue weighted by atomic mass is 9.89. The van der Waals surface area contributed by atoms with Gasteiger partial charge in [-0.05, 0) is 61.8 Å². The summed E-state index contributed by atoms with van der Waals surface area (Å²) in [5, 5.41) is 21.3. The maximum atomic E-state index is 13.2. The van der Waals surface area contributed by atoms with Crippen molar-refractivity contribution in [3.05, 3.63) is 59.3 Å². The van der Waals surface area contributed by atoms with E-state index in [1.807, 2.05) is 12.1 Å². The van der Waals surface area contributed by atoms with Crippen LogP contribution in [0, 0.1) is 5.92 Å². The van der Waals surface area contributed by atoms with Gasteiger partial charge in [0.2, 0.25) is 0 Å². The third-order valence-corrected chi connectivity index (χ3v) is 7.63. The fraction of sp³-hybridized carbons (Fsp3) is 0.613. The summed E-state index contributed by atoms with van der Waals surface area (Å²) in [6.45, 7) is 12.1. The van der Waals surface area contributed by atoms with Crippen molar-refractivity contribution >= 4 is 11.7 Å². The summed E-state index contributed by atoms with van der Waals surface area (Å²) in [6, 6.07) is 13.8. The van der Waals surface area contributed by atoms with E-state index in [1.165, 1.54) is 36.8 Å². The van der Waals surface area contributed by atoms with Crippen LogP contribution in [-0.4, -0.2) is 41.2 Å². The minimum absolute atomic E-state index is 0.240. The lowest BCUT2D eigenvalue weighted by molar-refractivity contribution is 0.0768. The number of aromatic nitrogens is 1. The van der Waals surface area contributed by atoms with Gasteiger partial charge in [0, 0.05) is 18.6 Å². The molecule has 37 heavy (non-hydrogen) atoms. The molecule has 0 fully saturated rings. The summed E-state index contributed by atoms with van der Waals surface area (Å²) in [4.78, 5) is 17.7. The Hall–Kier alpha value is -2.44. The average molecular weight is 509 g/mol. The predicted molar refractivity (Wildman–Crippen MR) is 153 cm³/mol. The molecule has 204 valence electrons. The molecule has 1 aromatic carbocycles. The van der Waals surface area contributed by atoms with Crippen LogP contribution in [0.15, 0.2) is 42.5 Å². The second-order valence-corrected chi connectivity index (χ2v) is 11.7. The van der Waals surface area contributed by atoms with Crippen molar-refractivity contribution in [3.8, 4) is 0 Å². The largest absolute Gasteiger partial charge is 0.390 e. The molecule has 0 saturated carbocycles. The molecule has 1 amide bonds. The topological polar surface area (TPSA) is 86.3 Å². The van der Waals surface area contributed by atoms with E-state index < -0.39 is 6.10 Å². The van der Waals surface area contributed by atoms with Crippen molar-refractivity contribution in [1.29, 1.82) is 0 Å². The van der Waals surface area contributed by atoms with E-state index in [-0.39, 0.29) is 17.5 Å². The first-order chi connectivity index (χ1) is 17.7. The van der Waals surface area contributed by atoms with Crippen molar-refractivity contribution in [3.63, 3.8) is 0 Å². The minimum Gasteiger partial charge on any atom is -0.390 e. The molecule has 0 spiro atoms. The Balaban J connectivity index is 1.73. The highest BCUT2D eigenvalue weighted by molar-refractivity contribution is 5.92. The molecular formula is C31H48N4O2. The predicted octanol–water partition coefficient (Wildman–Crippen LogP) is 5.98. The molecule has 0 aliphatic carbocycles. The lowest BCUT2D eigenvalue weighted by Gasteiger charge is -2.32. The van der Waals surface area contributed by atoms with E-state index in [0.29, 0.717) is 24.1 Å². The Labute approximate surface area is 224 Å². The van der Waals surface area contributed by atoms with Crippen LogP contribution < -0.4 is 16.0 Å². The quantitative estimate of drug-likeness (QED) is 0.386. The first-order valence-electron chi connectivity index (χ1n) is 14.2. The van der Waals surface area contributed by atoms with Crippen molar-refractivity contribution in [1.82, 2.24) is 15.6 Å². The number of hydrogen-bond donors (Lipinski definition) is 4. The minimum atomic E-state index is -0.723. The highest BCUT2D eigenvalue weighted by Gasteiger charge is 2.28. The first-order valence-corrected chi connectivity index (χ1v) is 14.2. The molecule has 3 atom stereocenters. The number of benzene rings is 1. The molecule has 1 aliphatic heterocycles. The van der Waals surface area contributed by atoms with E-state index in [2.05, 4.69) is 79.8 Å². The number of aliphatic hydroxyl groups is 1. The van der Waals surface area contributed by atoms with E-state index in [4.69, 9.17) is 0 Å². The van der Waals surface area contributed by atoms with Crippen LogP contribution in [0.1, 0.15) is 107 Å². The molecule has 0 unspecified atom stereocenters. The third-order valence-electron chi connectivity index (χ3n) is 7.63. The Morgan fingerprint density at radius 3 is 2.59 bits per heavy atom. The van der Waals surface area contributed by atoms with Gasteiger partial charge in [-0.15, -0.1) is 0 Å². The zero-order chi connectivity index (χ0) is 26.8. The van der Waals surface area contributed by atoms with Crippen LogP contribution in [-0.2, 0) is 5.54 Å². The number of rotatable bonds is 6. The molecule has 3 rings (SSSR count). The zero-order valence-electron chi connectivity index (χ0n) is 23.5. The average Bonchev–Trinajstić information content (AvgIpc) is 2.88. The van der Waals surface area contributed by atoms with E-state index in [0.717, 1.165) is 31.6 Å². The highest BCUT2D eigenvalue weighted by atomic mass is 16.3. The Bertz CT molecular complexity index is 991. The molecule has 6 nitrogen and oxygen atoms in total. The smallest absolute Gasteiger partial charge is 0.270 e. The SMILES string of the molecule is CC(C)c1cccc(C(C)(C)NC[C@@H](O)[C@@H]2C[C@H](C)CCCCCCCNc3cccc(n3)C(=O)N2)c1. The lowest BCUT2D eigenvalue weighted by Crippen LogP contribution is -2.51. The second-order valence-electron chi connectivity index (χ2n) is 11.7. The number of amides is 1. The normalized spacial score (nSPS) is 21.2. The number of nitrogens with zero attached hydrogens (tertiary/aromatic N) is 1. The van der Waals surface area contributed by atoms with Crippen molar-refractivity contribution in [2.45, 2.75) is 103 Å². The molecular weight excluding hydrogens is 460 g/mol. The van der Waals surface area contributed by atoms with Gasteiger partial charge in [0.05, 0.1) is 12.1 Å².